The van der Waals surface area contributed by atoms with Gasteiger partial charge in [-0.1, -0.05) is 12.8 Å². The van der Waals surface area contributed by atoms with Crippen LogP contribution in [0.1, 0.15) is 36.0 Å². The van der Waals surface area contributed by atoms with E-state index < -0.39 is 0 Å². The standard InChI is InChI=1S/C15H17N3OS/c16-14-13(15(19)18-11-3-1-2-4-11)12(9-20-14)10-5-7-17-8-6-10/h5-9,11H,1-4,16H2,(H,18,19). The number of nitrogens with zero attached hydrogens (tertiary/aromatic N) is 1. The number of hydrogen-bond acceptors (Lipinski definition) is 4. The van der Waals surface area contributed by atoms with Gasteiger partial charge in [-0.2, -0.15) is 0 Å². The predicted octanol–water partition coefficient (Wildman–Crippen LogP) is 3.06. The molecule has 3 rings (SSSR count). The van der Waals surface area contributed by atoms with E-state index in [1.807, 2.05) is 17.5 Å². The fourth-order valence-electron chi connectivity index (χ4n) is 2.68. The second-order valence-corrected chi connectivity index (χ2v) is 5.99. The van der Waals surface area contributed by atoms with Gasteiger partial charge in [-0.3, -0.25) is 9.78 Å². The van der Waals surface area contributed by atoms with Crippen LogP contribution in [0, 0.1) is 0 Å². The van der Waals surface area contributed by atoms with E-state index in [4.69, 9.17) is 5.73 Å². The molecule has 0 bridgehead atoms. The zero-order valence-electron chi connectivity index (χ0n) is 11.1. The average molecular weight is 287 g/mol. The van der Waals surface area contributed by atoms with Gasteiger partial charge in [0.1, 0.15) is 0 Å². The molecule has 0 aliphatic heterocycles. The number of nitrogens with two attached hydrogens (primary N) is 1. The normalized spacial score (nSPS) is 15.4. The van der Waals surface area contributed by atoms with E-state index in [-0.39, 0.29) is 5.91 Å². The van der Waals surface area contributed by atoms with Crippen molar-refractivity contribution >= 4 is 22.2 Å². The van der Waals surface area contributed by atoms with Crippen LogP contribution in [0.3, 0.4) is 0 Å². The number of hydrogen-bond donors (Lipinski definition) is 2. The monoisotopic (exact) mass is 287 g/mol. The van der Waals surface area contributed by atoms with Gasteiger partial charge >= 0.3 is 0 Å². The highest BCUT2D eigenvalue weighted by atomic mass is 32.1. The van der Waals surface area contributed by atoms with Crippen molar-refractivity contribution in [2.24, 2.45) is 0 Å². The Balaban J connectivity index is 1.89. The molecule has 0 saturated heterocycles. The number of carbonyl (C=O) groups excluding carboxylic acids is 1. The summed E-state index contributed by atoms with van der Waals surface area (Å²) in [6.45, 7) is 0. The first-order valence-electron chi connectivity index (χ1n) is 6.84. The van der Waals surface area contributed by atoms with Gasteiger partial charge in [0.15, 0.2) is 0 Å². The van der Waals surface area contributed by atoms with Gasteiger partial charge in [0, 0.05) is 29.4 Å². The zero-order chi connectivity index (χ0) is 13.9. The summed E-state index contributed by atoms with van der Waals surface area (Å²) in [5.41, 5.74) is 8.47. The third-order valence-electron chi connectivity index (χ3n) is 3.73. The van der Waals surface area contributed by atoms with Crippen LogP contribution in [0.15, 0.2) is 29.9 Å². The number of rotatable bonds is 3. The number of nitrogens with one attached hydrogen (secondary N) is 1. The highest BCUT2D eigenvalue weighted by Crippen LogP contribution is 2.33. The molecule has 1 amide bonds. The van der Waals surface area contributed by atoms with E-state index >= 15 is 0 Å². The fourth-order valence-corrected chi connectivity index (χ4v) is 3.50. The number of aromatic nitrogens is 1. The number of pyridine rings is 1. The zero-order valence-corrected chi connectivity index (χ0v) is 12.0. The molecule has 2 heterocycles. The second-order valence-electron chi connectivity index (χ2n) is 5.08. The van der Waals surface area contributed by atoms with Crippen molar-refractivity contribution in [2.75, 3.05) is 5.73 Å². The smallest absolute Gasteiger partial charge is 0.255 e. The molecule has 1 saturated carbocycles. The number of anilines is 1. The number of thiophene rings is 1. The van der Waals surface area contributed by atoms with Crippen LogP contribution in [-0.4, -0.2) is 16.9 Å². The maximum atomic E-state index is 12.5. The van der Waals surface area contributed by atoms with Crippen LogP contribution in [0.4, 0.5) is 5.00 Å². The molecule has 0 radical (unpaired) electrons. The van der Waals surface area contributed by atoms with Gasteiger partial charge in [0.25, 0.3) is 5.91 Å². The van der Waals surface area contributed by atoms with Crippen LogP contribution in [0.25, 0.3) is 11.1 Å². The maximum Gasteiger partial charge on any atom is 0.255 e. The lowest BCUT2D eigenvalue weighted by molar-refractivity contribution is 0.0940. The topological polar surface area (TPSA) is 68.0 Å². The van der Waals surface area contributed by atoms with E-state index in [9.17, 15) is 4.79 Å². The highest BCUT2D eigenvalue weighted by molar-refractivity contribution is 7.15. The first-order valence-corrected chi connectivity index (χ1v) is 7.72. The molecule has 104 valence electrons. The summed E-state index contributed by atoms with van der Waals surface area (Å²) >= 11 is 1.41. The molecule has 5 heteroatoms. The molecule has 2 aromatic heterocycles. The van der Waals surface area contributed by atoms with Gasteiger partial charge in [-0.25, -0.2) is 0 Å². The number of nitrogen functional groups attached to an aromatic ring is 1. The molecular formula is C15H17N3OS. The van der Waals surface area contributed by atoms with Gasteiger partial charge < -0.3 is 11.1 Å². The number of carbonyl (C=O) groups is 1. The molecule has 4 nitrogen and oxygen atoms in total. The van der Waals surface area contributed by atoms with E-state index in [2.05, 4.69) is 10.3 Å². The van der Waals surface area contributed by atoms with Crippen molar-refractivity contribution in [3.63, 3.8) is 0 Å². The first kappa shape index (κ1) is 13.1. The summed E-state index contributed by atoms with van der Waals surface area (Å²) in [4.78, 5) is 16.5. The Kier molecular flexibility index (Phi) is 3.69. The maximum absolute atomic E-state index is 12.5. The van der Waals surface area contributed by atoms with Crippen LogP contribution in [-0.2, 0) is 0 Å². The Bertz CT molecular complexity index is 603. The molecule has 0 unspecified atom stereocenters. The van der Waals surface area contributed by atoms with Gasteiger partial charge in [0.05, 0.1) is 10.6 Å². The summed E-state index contributed by atoms with van der Waals surface area (Å²) in [6.07, 6.45) is 7.98. The highest BCUT2D eigenvalue weighted by Gasteiger charge is 2.23. The van der Waals surface area contributed by atoms with Gasteiger partial charge in [0.2, 0.25) is 0 Å². The molecular weight excluding hydrogens is 270 g/mol. The Morgan fingerprint density at radius 3 is 2.70 bits per heavy atom. The molecule has 0 spiro atoms. The lowest BCUT2D eigenvalue weighted by atomic mass is 10.0. The van der Waals surface area contributed by atoms with Crippen LogP contribution >= 0.6 is 11.3 Å². The van der Waals surface area contributed by atoms with Gasteiger partial charge in [-0.05, 0) is 30.5 Å². The molecule has 0 aromatic carbocycles. The molecule has 0 atom stereocenters. The summed E-state index contributed by atoms with van der Waals surface area (Å²) in [5, 5.41) is 5.62. The molecule has 1 fully saturated rings. The Labute approximate surface area is 122 Å². The summed E-state index contributed by atoms with van der Waals surface area (Å²) in [6, 6.07) is 4.09. The van der Waals surface area contributed by atoms with Crippen LogP contribution in [0.2, 0.25) is 0 Å². The molecule has 2 aromatic rings. The van der Waals surface area contributed by atoms with E-state index in [0.29, 0.717) is 16.6 Å². The molecule has 3 N–H and O–H groups in total. The lowest BCUT2D eigenvalue weighted by Gasteiger charge is -2.13. The van der Waals surface area contributed by atoms with Crippen molar-refractivity contribution in [1.29, 1.82) is 0 Å². The minimum Gasteiger partial charge on any atom is -0.390 e. The fraction of sp³-hybridized carbons (Fsp3) is 0.333. The van der Waals surface area contributed by atoms with Crippen molar-refractivity contribution in [2.45, 2.75) is 31.7 Å². The molecule has 1 aliphatic rings. The Morgan fingerprint density at radius 1 is 1.30 bits per heavy atom. The summed E-state index contributed by atoms with van der Waals surface area (Å²) in [5.74, 6) is -0.0533. The largest absolute Gasteiger partial charge is 0.390 e. The van der Waals surface area contributed by atoms with Crippen molar-refractivity contribution in [1.82, 2.24) is 10.3 Å². The quantitative estimate of drug-likeness (QED) is 0.911. The molecule has 20 heavy (non-hydrogen) atoms. The third-order valence-corrected chi connectivity index (χ3v) is 4.54. The van der Waals surface area contributed by atoms with Crippen molar-refractivity contribution in [3.05, 3.63) is 35.5 Å². The van der Waals surface area contributed by atoms with E-state index in [0.717, 1.165) is 24.0 Å². The molecule has 1 aliphatic carbocycles. The number of amides is 1. The van der Waals surface area contributed by atoms with Gasteiger partial charge in [-0.15, -0.1) is 11.3 Å². The third kappa shape index (κ3) is 2.54. The van der Waals surface area contributed by atoms with Crippen LogP contribution < -0.4 is 11.1 Å². The van der Waals surface area contributed by atoms with E-state index in [1.54, 1.807) is 12.4 Å². The average Bonchev–Trinajstić information content (AvgIpc) is 3.09. The van der Waals surface area contributed by atoms with Crippen LogP contribution in [0.5, 0.6) is 0 Å². The lowest BCUT2D eigenvalue weighted by Crippen LogP contribution is -2.33. The van der Waals surface area contributed by atoms with Crippen molar-refractivity contribution in [3.8, 4) is 11.1 Å². The van der Waals surface area contributed by atoms with E-state index in [1.165, 1.54) is 24.2 Å². The minimum atomic E-state index is -0.0533. The van der Waals surface area contributed by atoms with Crippen molar-refractivity contribution < 1.29 is 4.79 Å². The first-order chi connectivity index (χ1) is 9.75. The summed E-state index contributed by atoms with van der Waals surface area (Å²) < 4.78 is 0. The summed E-state index contributed by atoms with van der Waals surface area (Å²) in [7, 11) is 0. The second kappa shape index (κ2) is 5.63. The predicted molar refractivity (Wildman–Crippen MR) is 81.7 cm³/mol. The SMILES string of the molecule is Nc1scc(-c2ccncc2)c1C(=O)NC1CCCC1. The Hall–Kier alpha value is -1.88. The minimum absolute atomic E-state index is 0.0533. The Morgan fingerprint density at radius 2 is 2.00 bits per heavy atom.